The summed E-state index contributed by atoms with van der Waals surface area (Å²) in [6, 6.07) is 19.8. The van der Waals surface area contributed by atoms with Crippen molar-refractivity contribution in [3.05, 3.63) is 102 Å². The molecule has 35 heavy (non-hydrogen) atoms. The van der Waals surface area contributed by atoms with Crippen LogP contribution in [0.25, 0.3) is 22.4 Å². The lowest BCUT2D eigenvalue weighted by molar-refractivity contribution is 0.0997. The van der Waals surface area contributed by atoms with Crippen molar-refractivity contribution < 1.29 is 22.4 Å². The van der Waals surface area contributed by atoms with Gasteiger partial charge < -0.3 is 11.1 Å². The molecule has 3 aromatic carbocycles. The third-order valence-corrected chi connectivity index (χ3v) is 6.35. The Morgan fingerprint density at radius 2 is 1.71 bits per heavy atom. The van der Waals surface area contributed by atoms with Crippen LogP contribution >= 0.6 is 0 Å². The van der Waals surface area contributed by atoms with Crippen LogP contribution in [0.15, 0.2) is 90.0 Å². The van der Waals surface area contributed by atoms with Crippen molar-refractivity contribution in [3.8, 4) is 22.4 Å². The van der Waals surface area contributed by atoms with Crippen LogP contribution in [0, 0.1) is 5.82 Å². The maximum Gasteiger partial charge on any atom is 0.256 e. The standard InChI is InChI=1S/C26H20FN3O4S/c1-35(33,34)21-8-9-22(23(15-21)17-11-18(25(28)31)13-19(27)12-17)26(32)30-20-6-4-5-16(14-20)24-7-2-3-10-29-24/h2-15H,1H3,(H2,28,31)(H,30,32). The molecule has 0 bridgehead atoms. The minimum absolute atomic E-state index is 0.0638. The van der Waals surface area contributed by atoms with Gasteiger partial charge in [-0.2, -0.15) is 0 Å². The highest BCUT2D eigenvalue weighted by Gasteiger charge is 2.19. The number of carbonyl (C=O) groups excluding carboxylic acids is 2. The van der Waals surface area contributed by atoms with Gasteiger partial charge in [0.05, 0.1) is 10.6 Å². The number of carbonyl (C=O) groups is 2. The quantitative estimate of drug-likeness (QED) is 0.418. The zero-order valence-corrected chi connectivity index (χ0v) is 19.3. The van der Waals surface area contributed by atoms with Crippen LogP contribution in [-0.4, -0.2) is 31.5 Å². The molecule has 3 N–H and O–H groups in total. The van der Waals surface area contributed by atoms with Crippen molar-refractivity contribution in [2.24, 2.45) is 5.73 Å². The molecule has 0 spiro atoms. The SMILES string of the molecule is CS(=O)(=O)c1ccc(C(=O)Nc2cccc(-c3ccccn3)c2)c(-c2cc(F)cc(C(N)=O)c2)c1. The van der Waals surface area contributed by atoms with E-state index < -0.39 is 27.5 Å². The number of aromatic nitrogens is 1. The molecule has 176 valence electrons. The molecule has 0 aliphatic carbocycles. The fourth-order valence-electron chi connectivity index (χ4n) is 3.57. The van der Waals surface area contributed by atoms with Crippen molar-refractivity contribution in [1.82, 2.24) is 4.98 Å². The van der Waals surface area contributed by atoms with Gasteiger partial charge in [0.15, 0.2) is 9.84 Å². The fourth-order valence-corrected chi connectivity index (χ4v) is 4.21. The van der Waals surface area contributed by atoms with Crippen LogP contribution in [-0.2, 0) is 9.84 Å². The number of amides is 2. The predicted octanol–water partition coefficient (Wildman–Crippen LogP) is 4.31. The van der Waals surface area contributed by atoms with Gasteiger partial charge in [0.1, 0.15) is 5.82 Å². The zero-order chi connectivity index (χ0) is 25.2. The molecule has 7 nitrogen and oxygen atoms in total. The van der Waals surface area contributed by atoms with Gasteiger partial charge in [0.25, 0.3) is 5.91 Å². The van der Waals surface area contributed by atoms with E-state index in [0.717, 1.165) is 29.6 Å². The molecular formula is C26H20FN3O4S. The van der Waals surface area contributed by atoms with Crippen molar-refractivity contribution in [3.63, 3.8) is 0 Å². The van der Waals surface area contributed by atoms with Crippen LogP contribution in [0.2, 0.25) is 0 Å². The highest BCUT2D eigenvalue weighted by molar-refractivity contribution is 7.90. The fraction of sp³-hybridized carbons (Fsp3) is 0.0385. The first-order valence-electron chi connectivity index (χ1n) is 10.4. The summed E-state index contributed by atoms with van der Waals surface area (Å²) in [5, 5.41) is 2.79. The number of rotatable bonds is 6. The van der Waals surface area contributed by atoms with E-state index >= 15 is 0 Å². The molecule has 1 aromatic heterocycles. The van der Waals surface area contributed by atoms with Crippen molar-refractivity contribution in [2.45, 2.75) is 4.90 Å². The minimum atomic E-state index is -3.63. The molecule has 0 radical (unpaired) electrons. The third kappa shape index (κ3) is 5.42. The summed E-state index contributed by atoms with van der Waals surface area (Å²) in [6.45, 7) is 0. The normalized spacial score (nSPS) is 11.1. The minimum Gasteiger partial charge on any atom is -0.366 e. The summed E-state index contributed by atoms with van der Waals surface area (Å²) < 4.78 is 38.6. The van der Waals surface area contributed by atoms with E-state index in [0.29, 0.717) is 5.69 Å². The van der Waals surface area contributed by atoms with Gasteiger partial charge >= 0.3 is 0 Å². The van der Waals surface area contributed by atoms with Crippen LogP contribution < -0.4 is 11.1 Å². The number of anilines is 1. The maximum absolute atomic E-state index is 14.3. The number of halogens is 1. The molecule has 4 rings (SSSR count). The molecule has 0 saturated heterocycles. The lowest BCUT2D eigenvalue weighted by Gasteiger charge is -2.14. The van der Waals surface area contributed by atoms with Crippen molar-refractivity contribution >= 4 is 27.3 Å². The van der Waals surface area contributed by atoms with E-state index in [2.05, 4.69) is 10.3 Å². The Morgan fingerprint density at radius 1 is 0.914 bits per heavy atom. The number of primary amides is 1. The number of nitrogens with zero attached hydrogens (tertiary/aromatic N) is 1. The second kappa shape index (κ2) is 9.47. The lowest BCUT2D eigenvalue weighted by atomic mass is 9.97. The van der Waals surface area contributed by atoms with Crippen LogP contribution in [0.4, 0.5) is 10.1 Å². The van der Waals surface area contributed by atoms with Crippen molar-refractivity contribution in [2.75, 3.05) is 11.6 Å². The Labute approximate surface area is 201 Å². The van der Waals surface area contributed by atoms with E-state index in [1.807, 2.05) is 18.2 Å². The Morgan fingerprint density at radius 3 is 2.40 bits per heavy atom. The monoisotopic (exact) mass is 489 g/mol. The molecule has 0 unspecified atom stereocenters. The number of sulfone groups is 1. The number of hydrogen-bond donors (Lipinski definition) is 2. The van der Waals surface area contributed by atoms with E-state index in [-0.39, 0.29) is 27.1 Å². The average Bonchev–Trinajstić information content (AvgIpc) is 2.83. The molecule has 0 aliphatic heterocycles. The highest BCUT2D eigenvalue weighted by atomic mass is 32.2. The Bertz CT molecular complexity index is 1550. The molecule has 9 heteroatoms. The van der Waals surface area contributed by atoms with Gasteiger partial charge in [-0.3, -0.25) is 14.6 Å². The third-order valence-electron chi connectivity index (χ3n) is 5.24. The molecule has 4 aromatic rings. The summed E-state index contributed by atoms with van der Waals surface area (Å²) in [6.07, 6.45) is 2.69. The van der Waals surface area contributed by atoms with Gasteiger partial charge in [0, 0.05) is 34.8 Å². The molecule has 2 amide bonds. The molecule has 0 fully saturated rings. The second-order valence-electron chi connectivity index (χ2n) is 7.82. The van der Waals surface area contributed by atoms with Gasteiger partial charge in [-0.25, -0.2) is 12.8 Å². The Balaban J connectivity index is 1.78. The first-order valence-corrected chi connectivity index (χ1v) is 12.3. The van der Waals surface area contributed by atoms with Crippen LogP contribution in [0.3, 0.4) is 0 Å². The van der Waals surface area contributed by atoms with E-state index in [4.69, 9.17) is 5.73 Å². The van der Waals surface area contributed by atoms with Gasteiger partial charge in [0.2, 0.25) is 5.91 Å². The maximum atomic E-state index is 14.3. The van der Waals surface area contributed by atoms with Crippen molar-refractivity contribution in [1.29, 1.82) is 0 Å². The summed E-state index contributed by atoms with van der Waals surface area (Å²) in [5.41, 5.74) is 7.53. The first-order chi connectivity index (χ1) is 16.6. The average molecular weight is 490 g/mol. The first kappa shape index (κ1) is 23.8. The topological polar surface area (TPSA) is 119 Å². The van der Waals surface area contributed by atoms with E-state index in [9.17, 15) is 22.4 Å². The smallest absolute Gasteiger partial charge is 0.256 e. The number of hydrogen-bond acceptors (Lipinski definition) is 5. The van der Waals surface area contributed by atoms with E-state index in [1.54, 1.807) is 30.5 Å². The molecular weight excluding hydrogens is 469 g/mol. The summed E-state index contributed by atoms with van der Waals surface area (Å²) in [5.74, 6) is -2.17. The second-order valence-corrected chi connectivity index (χ2v) is 9.84. The zero-order valence-electron chi connectivity index (χ0n) is 18.5. The Hall–Kier alpha value is -4.37. The number of nitrogens with two attached hydrogens (primary N) is 1. The van der Waals surface area contributed by atoms with Gasteiger partial charge in [-0.1, -0.05) is 18.2 Å². The summed E-state index contributed by atoms with van der Waals surface area (Å²) in [4.78, 5) is 29.1. The van der Waals surface area contributed by atoms with Crippen LogP contribution in [0.5, 0.6) is 0 Å². The largest absolute Gasteiger partial charge is 0.366 e. The molecule has 0 atom stereocenters. The number of nitrogens with one attached hydrogen (secondary N) is 1. The van der Waals surface area contributed by atoms with Gasteiger partial charge in [-0.15, -0.1) is 0 Å². The molecule has 1 heterocycles. The molecule has 0 saturated carbocycles. The lowest BCUT2D eigenvalue weighted by Crippen LogP contribution is -2.15. The predicted molar refractivity (Wildman–Crippen MR) is 131 cm³/mol. The molecule has 0 aliphatic rings. The highest BCUT2D eigenvalue weighted by Crippen LogP contribution is 2.30. The summed E-state index contributed by atoms with van der Waals surface area (Å²) >= 11 is 0. The number of pyridine rings is 1. The van der Waals surface area contributed by atoms with Gasteiger partial charge in [-0.05, 0) is 71.8 Å². The Kier molecular flexibility index (Phi) is 6.44. The summed E-state index contributed by atoms with van der Waals surface area (Å²) in [7, 11) is -3.63. The van der Waals surface area contributed by atoms with E-state index in [1.165, 1.54) is 24.3 Å². The van der Waals surface area contributed by atoms with Crippen LogP contribution in [0.1, 0.15) is 20.7 Å². The number of benzene rings is 3.